The van der Waals surface area contributed by atoms with Gasteiger partial charge in [-0.15, -0.1) is 0 Å². The number of carbonyl (C=O) groups excluding carboxylic acids is 3. The molecule has 1 fully saturated rings. The summed E-state index contributed by atoms with van der Waals surface area (Å²) in [6.45, 7) is 2.89. The molecule has 0 saturated carbocycles. The molecule has 0 spiro atoms. The molecule has 0 unspecified atom stereocenters. The maximum absolute atomic E-state index is 12.8. The van der Waals surface area contributed by atoms with E-state index in [1.54, 1.807) is 45.4 Å². The largest absolute Gasteiger partial charge is 0.484 e. The Hall–Kier alpha value is -3.59. The maximum Gasteiger partial charge on any atom is 0.259 e. The Labute approximate surface area is 193 Å². The lowest BCUT2D eigenvalue weighted by atomic mass is 10.2. The number of nitrogens with one attached hydrogen (secondary N) is 1. The molecule has 9 heteroatoms. The minimum Gasteiger partial charge on any atom is -0.484 e. The summed E-state index contributed by atoms with van der Waals surface area (Å²) in [6.07, 6.45) is 0. The van der Waals surface area contributed by atoms with Crippen LogP contribution in [0.4, 0.5) is 11.4 Å². The summed E-state index contributed by atoms with van der Waals surface area (Å²) >= 11 is 0. The van der Waals surface area contributed by atoms with Gasteiger partial charge in [-0.2, -0.15) is 0 Å². The zero-order chi connectivity index (χ0) is 23.8. The van der Waals surface area contributed by atoms with E-state index in [-0.39, 0.29) is 30.9 Å². The fourth-order valence-corrected chi connectivity index (χ4v) is 3.28. The first-order chi connectivity index (χ1) is 15.8. The van der Waals surface area contributed by atoms with E-state index >= 15 is 0 Å². The van der Waals surface area contributed by atoms with Crippen LogP contribution in [0.3, 0.4) is 0 Å². The molecule has 0 aliphatic carbocycles. The Morgan fingerprint density at radius 3 is 2.39 bits per heavy atom. The van der Waals surface area contributed by atoms with Crippen molar-refractivity contribution in [2.75, 3.05) is 70.8 Å². The van der Waals surface area contributed by atoms with E-state index < -0.39 is 0 Å². The first kappa shape index (κ1) is 24.1. The van der Waals surface area contributed by atoms with Crippen LogP contribution in [0.1, 0.15) is 10.4 Å². The van der Waals surface area contributed by atoms with Gasteiger partial charge in [0.1, 0.15) is 5.75 Å². The molecule has 3 amide bonds. The summed E-state index contributed by atoms with van der Waals surface area (Å²) < 4.78 is 10.8. The van der Waals surface area contributed by atoms with Gasteiger partial charge in [-0.1, -0.05) is 6.07 Å². The van der Waals surface area contributed by atoms with Gasteiger partial charge < -0.3 is 29.5 Å². The number of morpholine rings is 1. The molecule has 33 heavy (non-hydrogen) atoms. The van der Waals surface area contributed by atoms with E-state index in [4.69, 9.17) is 9.47 Å². The molecule has 1 N–H and O–H groups in total. The van der Waals surface area contributed by atoms with E-state index in [0.717, 1.165) is 18.8 Å². The van der Waals surface area contributed by atoms with E-state index in [1.165, 1.54) is 9.80 Å². The van der Waals surface area contributed by atoms with E-state index in [2.05, 4.69) is 10.2 Å². The van der Waals surface area contributed by atoms with Crippen LogP contribution in [0.15, 0.2) is 48.5 Å². The van der Waals surface area contributed by atoms with Crippen LogP contribution in [0.5, 0.6) is 5.75 Å². The monoisotopic (exact) mass is 454 g/mol. The fraction of sp³-hybridized carbons (Fsp3) is 0.375. The number of carbonyl (C=O) groups is 3. The highest BCUT2D eigenvalue weighted by Gasteiger charge is 2.17. The number of anilines is 2. The lowest BCUT2D eigenvalue weighted by molar-refractivity contribution is -0.130. The number of rotatable bonds is 8. The van der Waals surface area contributed by atoms with Gasteiger partial charge in [-0.3, -0.25) is 14.4 Å². The highest BCUT2D eigenvalue weighted by molar-refractivity contribution is 5.99. The van der Waals surface area contributed by atoms with Gasteiger partial charge in [0, 0.05) is 51.2 Å². The van der Waals surface area contributed by atoms with Gasteiger partial charge in [-0.05, 0) is 42.5 Å². The van der Waals surface area contributed by atoms with Crippen molar-refractivity contribution in [1.29, 1.82) is 0 Å². The fourth-order valence-electron chi connectivity index (χ4n) is 3.28. The number of ether oxygens (including phenoxy) is 2. The Morgan fingerprint density at radius 2 is 1.73 bits per heavy atom. The van der Waals surface area contributed by atoms with Crippen LogP contribution in [0.25, 0.3) is 0 Å². The predicted molar refractivity (Wildman–Crippen MR) is 126 cm³/mol. The van der Waals surface area contributed by atoms with Crippen LogP contribution in [0.2, 0.25) is 0 Å². The molecule has 9 nitrogen and oxygen atoms in total. The van der Waals surface area contributed by atoms with Crippen molar-refractivity contribution in [1.82, 2.24) is 9.80 Å². The topological polar surface area (TPSA) is 91.4 Å². The smallest absolute Gasteiger partial charge is 0.259 e. The number of hydrogen-bond donors (Lipinski definition) is 1. The Morgan fingerprint density at radius 1 is 1.03 bits per heavy atom. The van der Waals surface area contributed by atoms with E-state index in [9.17, 15) is 14.4 Å². The van der Waals surface area contributed by atoms with Crippen molar-refractivity contribution in [2.24, 2.45) is 0 Å². The summed E-state index contributed by atoms with van der Waals surface area (Å²) in [5.41, 5.74) is 2.12. The molecule has 1 aliphatic heterocycles. The molecule has 2 aromatic rings. The summed E-state index contributed by atoms with van der Waals surface area (Å²) in [7, 11) is 4.85. The van der Waals surface area contributed by atoms with Crippen LogP contribution in [0, 0.1) is 0 Å². The Balaban J connectivity index is 1.52. The lowest BCUT2D eigenvalue weighted by Crippen LogP contribution is -2.36. The molecule has 0 radical (unpaired) electrons. The van der Waals surface area contributed by atoms with Gasteiger partial charge in [0.2, 0.25) is 5.91 Å². The normalized spacial score (nSPS) is 13.2. The van der Waals surface area contributed by atoms with E-state index in [1.807, 2.05) is 24.3 Å². The van der Waals surface area contributed by atoms with Gasteiger partial charge >= 0.3 is 0 Å². The van der Waals surface area contributed by atoms with Crippen molar-refractivity contribution in [3.8, 4) is 5.75 Å². The molecule has 0 aromatic heterocycles. The van der Waals surface area contributed by atoms with Gasteiger partial charge in [0.15, 0.2) is 6.61 Å². The summed E-state index contributed by atoms with van der Waals surface area (Å²) in [5.74, 6) is -0.390. The van der Waals surface area contributed by atoms with Crippen molar-refractivity contribution in [3.05, 3.63) is 54.1 Å². The Kier molecular flexibility index (Phi) is 8.26. The zero-order valence-electron chi connectivity index (χ0n) is 19.2. The molecule has 176 valence electrons. The number of hydrogen-bond acceptors (Lipinski definition) is 6. The quantitative estimate of drug-likeness (QED) is 0.653. The second-order valence-electron chi connectivity index (χ2n) is 7.96. The standard InChI is InChI=1S/C24H30N4O5/c1-26(2)23(30)17-33-21-6-4-5-18(15-21)24(31)27(3)16-22(29)25-19-7-9-20(10-8-19)28-11-13-32-14-12-28/h4-10,15H,11-14,16-17H2,1-3H3,(H,25,29). The lowest BCUT2D eigenvalue weighted by Gasteiger charge is -2.28. The first-order valence-corrected chi connectivity index (χ1v) is 10.7. The van der Waals surface area contributed by atoms with Gasteiger partial charge in [0.25, 0.3) is 11.8 Å². The van der Waals surface area contributed by atoms with Gasteiger partial charge in [-0.25, -0.2) is 0 Å². The third-order valence-corrected chi connectivity index (χ3v) is 5.20. The second-order valence-corrected chi connectivity index (χ2v) is 7.96. The minimum atomic E-state index is -0.322. The average Bonchev–Trinajstić information content (AvgIpc) is 2.83. The van der Waals surface area contributed by atoms with Crippen LogP contribution in [-0.2, 0) is 14.3 Å². The Bertz CT molecular complexity index is 971. The summed E-state index contributed by atoms with van der Waals surface area (Å²) in [4.78, 5) is 41.9. The molecule has 1 aliphatic rings. The molecule has 0 bridgehead atoms. The minimum absolute atomic E-state index is 0.103. The van der Waals surface area contributed by atoms with Crippen LogP contribution in [-0.4, -0.2) is 88.1 Å². The van der Waals surface area contributed by atoms with Crippen LogP contribution >= 0.6 is 0 Å². The molecule has 1 saturated heterocycles. The zero-order valence-corrected chi connectivity index (χ0v) is 19.2. The summed E-state index contributed by atoms with van der Waals surface area (Å²) in [5, 5.41) is 2.82. The first-order valence-electron chi connectivity index (χ1n) is 10.7. The highest BCUT2D eigenvalue weighted by atomic mass is 16.5. The average molecular weight is 455 g/mol. The third kappa shape index (κ3) is 6.95. The maximum atomic E-state index is 12.8. The second kappa shape index (κ2) is 11.3. The van der Waals surface area contributed by atoms with Crippen molar-refractivity contribution < 1.29 is 23.9 Å². The third-order valence-electron chi connectivity index (χ3n) is 5.20. The number of amides is 3. The van der Waals surface area contributed by atoms with Crippen molar-refractivity contribution in [3.63, 3.8) is 0 Å². The van der Waals surface area contributed by atoms with E-state index in [0.29, 0.717) is 30.2 Å². The molecule has 2 aromatic carbocycles. The number of nitrogens with zero attached hydrogens (tertiary/aromatic N) is 3. The SMILES string of the molecule is CN(C)C(=O)COc1cccc(C(=O)N(C)CC(=O)Nc2ccc(N3CCOCC3)cc2)c1. The van der Waals surface area contributed by atoms with Crippen LogP contribution < -0.4 is 15.0 Å². The molecule has 0 atom stereocenters. The number of likely N-dealkylation sites (N-methyl/N-ethyl adjacent to an activating group) is 2. The van der Waals surface area contributed by atoms with Crippen molar-refractivity contribution in [2.45, 2.75) is 0 Å². The van der Waals surface area contributed by atoms with Gasteiger partial charge in [0.05, 0.1) is 19.8 Å². The summed E-state index contributed by atoms with van der Waals surface area (Å²) in [6, 6.07) is 14.2. The highest BCUT2D eigenvalue weighted by Crippen LogP contribution is 2.19. The molecule has 1 heterocycles. The predicted octanol–water partition coefficient (Wildman–Crippen LogP) is 1.70. The molecular weight excluding hydrogens is 424 g/mol. The molecule has 3 rings (SSSR count). The van der Waals surface area contributed by atoms with Crippen molar-refractivity contribution >= 4 is 29.1 Å². The number of benzene rings is 2. The molecular formula is C24H30N4O5.